The van der Waals surface area contributed by atoms with Crippen LogP contribution in [0.5, 0.6) is 11.5 Å². The smallest absolute Gasteiger partial charge is 0.220 e. The van der Waals surface area contributed by atoms with Gasteiger partial charge in [0.2, 0.25) is 5.91 Å². The fraction of sp³-hybridized carbons (Fsp3) is 0.806. The zero-order chi connectivity index (χ0) is 29.2. The third-order valence-electron chi connectivity index (χ3n) is 11.6. The maximum Gasteiger partial charge on any atom is 0.220 e. The molecule has 6 rings (SSSR count). The van der Waals surface area contributed by atoms with E-state index in [1.807, 2.05) is 6.07 Å². The number of carbonyl (C=O) groups excluding carboxylic acids is 1. The minimum atomic E-state index is -0.896. The summed E-state index contributed by atoms with van der Waals surface area (Å²) in [4.78, 5) is 15.7. The van der Waals surface area contributed by atoms with Gasteiger partial charge in [0, 0.05) is 24.6 Å². The van der Waals surface area contributed by atoms with Gasteiger partial charge >= 0.3 is 0 Å². The van der Waals surface area contributed by atoms with E-state index < -0.39 is 11.0 Å². The Morgan fingerprint density at radius 3 is 2.29 bits per heavy atom. The fourth-order valence-electron chi connectivity index (χ4n) is 9.21. The number of benzene rings is 1. The molecule has 2 heterocycles. The van der Waals surface area contributed by atoms with Crippen LogP contribution < -0.4 is 10.1 Å². The lowest BCUT2D eigenvalue weighted by molar-refractivity contribution is -0.192. The van der Waals surface area contributed by atoms with E-state index in [-0.39, 0.29) is 29.8 Å². The first kappa shape index (κ1) is 30.2. The van der Waals surface area contributed by atoms with Crippen LogP contribution in [-0.2, 0) is 16.6 Å². The van der Waals surface area contributed by atoms with E-state index in [4.69, 9.17) is 4.74 Å². The summed E-state index contributed by atoms with van der Waals surface area (Å²) in [5.74, 6) is 1.60. The molecule has 2 aliphatic heterocycles. The van der Waals surface area contributed by atoms with E-state index in [0.717, 1.165) is 50.3 Å². The molecule has 0 aromatic heterocycles. The molecule has 2 bridgehead atoms. The van der Waals surface area contributed by atoms with Gasteiger partial charge in [0.05, 0.1) is 17.1 Å². The van der Waals surface area contributed by atoms with Gasteiger partial charge in [-0.3, -0.25) is 9.69 Å². The topological polar surface area (TPSA) is 82.0 Å². The summed E-state index contributed by atoms with van der Waals surface area (Å²) < 4.78 is 6.60. The van der Waals surface area contributed by atoms with Gasteiger partial charge in [-0.2, -0.15) is 0 Å². The number of aliphatic hydroxyl groups is 1. The highest BCUT2D eigenvalue weighted by Crippen LogP contribution is 2.65. The number of hydrogen-bond donors (Lipinski definition) is 3. The number of phenols is 1. The van der Waals surface area contributed by atoms with Gasteiger partial charge in [-0.1, -0.05) is 90.0 Å². The van der Waals surface area contributed by atoms with E-state index >= 15 is 0 Å². The summed E-state index contributed by atoms with van der Waals surface area (Å²) in [6, 6.07) is 3.73. The van der Waals surface area contributed by atoms with Gasteiger partial charge in [-0.15, -0.1) is 0 Å². The first-order valence-corrected chi connectivity index (χ1v) is 17.8. The molecule has 5 aliphatic rings. The zero-order valence-corrected chi connectivity index (χ0v) is 26.2. The van der Waals surface area contributed by atoms with Crippen LogP contribution in [0.25, 0.3) is 0 Å². The van der Waals surface area contributed by atoms with E-state index in [1.54, 1.807) is 6.07 Å². The third kappa shape index (κ3) is 5.72. The number of unbranched alkanes of at least 4 members (excludes halogenated alkanes) is 12. The molecule has 1 aromatic rings. The number of nitrogens with one attached hydrogen (secondary N) is 1. The number of likely N-dealkylation sites (tertiary alicyclic amines) is 1. The Morgan fingerprint density at radius 1 is 0.952 bits per heavy atom. The van der Waals surface area contributed by atoms with Crippen molar-refractivity contribution in [2.45, 2.75) is 165 Å². The molecule has 2 saturated carbocycles. The van der Waals surface area contributed by atoms with Crippen LogP contribution in [0, 0.1) is 5.92 Å². The number of amides is 1. The molecule has 234 valence electrons. The molecule has 5 atom stereocenters. The Kier molecular flexibility index (Phi) is 9.40. The zero-order valence-electron chi connectivity index (χ0n) is 26.2. The standard InChI is InChI=1S/C36H56N2O4/c1-2-3-4-5-6-7-8-9-10-11-12-13-14-15-31(40)37-28-20-21-36(41)30-24-27-18-19-29(39)33-32(27)35(36,34(28)42-33)22-23-38(30)25-26-16-17-26/h18-19,26,28,30,34,39,41H,2-17,20-25H2,1H3,(H,37,40)/t28-,30-,34+,35+,36-/m1/s1. The predicted octanol–water partition coefficient (Wildman–Crippen LogP) is 6.92. The first-order valence-electron chi connectivity index (χ1n) is 17.8. The lowest BCUT2D eigenvalue weighted by atomic mass is 9.48. The maximum absolute atomic E-state index is 13.1. The van der Waals surface area contributed by atoms with Crippen molar-refractivity contribution in [3.8, 4) is 11.5 Å². The Labute approximate surface area is 254 Å². The molecule has 1 saturated heterocycles. The monoisotopic (exact) mass is 580 g/mol. The second kappa shape index (κ2) is 13.1. The van der Waals surface area contributed by atoms with Crippen LogP contribution in [0.2, 0.25) is 0 Å². The highest BCUT2D eigenvalue weighted by Gasteiger charge is 2.73. The number of nitrogens with zero attached hydrogens (tertiary/aromatic N) is 1. The van der Waals surface area contributed by atoms with E-state index in [9.17, 15) is 15.0 Å². The molecule has 0 unspecified atom stereocenters. The molecule has 1 aromatic carbocycles. The lowest BCUT2D eigenvalue weighted by Crippen LogP contribution is -2.78. The normalized spacial score (nSPS) is 31.0. The average Bonchev–Trinajstić information content (AvgIpc) is 3.72. The third-order valence-corrected chi connectivity index (χ3v) is 11.6. The second-order valence-corrected chi connectivity index (χ2v) is 14.5. The van der Waals surface area contributed by atoms with Gasteiger partial charge in [0.25, 0.3) is 0 Å². The highest BCUT2D eigenvalue weighted by atomic mass is 16.5. The minimum Gasteiger partial charge on any atom is -0.504 e. The largest absolute Gasteiger partial charge is 0.504 e. The Hall–Kier alpha value is -1.79. The molecule has 3 aliphatic carbocycles. The SMILES string of the molecule is CCCCCCCCCCCCCCCC(=O)N[C@@H]1CC[C@@]2(O)[C@H]3Cc4ccc(O)c5c4[C@@]2(CCN3CC2CC2)[C@H]1O5. The molecular weight excluding hydrogens is 524 g/mol. The lowest BCUT2D eigenvalue weighted by Gasteiger charge is -2.64. The molecule has 6 heteroatoms. The van der Waals surface area contributed by atoms with Crippen molar-refractivity contribution >= 4 is 5.91 Å². The number of aromatic hydroxyl groups is 1. The van der Waals surface area contributed by atoms with Crippen molar-refractivity contribution < 1.29 is 19.7 Å². The Morgan fingerprint density at radius 2 is 1.62 bits per heavy atom. The van der Waals surface area contributed by atoms with Crippen molar-refractivity contribution in [3.05, 3.63) is 23.3 Å². The summed E-state index contributed by atoms with van der Waals surface area (Å²) in [5, 5.41) is 26.7. The van der Waals surface area contributed by atoms with Gasteiger partial charge in [-0.05, 0) is 69.0 Å². The summed E-state index contributed by atoms with van der Waals surface area (Å²) in [6.45, 7) is 4.29. The van der Waals surface area contributed by atoms with Crippen LogP contribution in [0.3, 0.4) is 0 Å². The van der Waals surface area contributed by atoms with Gasteiger partial charge in [0.1, 0.15) is 6.10 Å². The Bertz CT molecular complexity index is 1090. The number of ether oxygens (including phenoxy) is 1. The highest BCUT2D eigenvalue weighted by molar-refractivity contribution is 5.76. The molecule has 3 N–H and O–H groups in total. The first-order chi connectivity index (χ1) is 20.5. The summed E-state index contributed by atoms with van der Waals surface area (Å²) in [6.07, 6.45) is 22.7. The molecule has 1 spiro atoms. The number of rotatable bonds is 17. The molecular formula is C36H56N2O4. The summed E-state index contributed by atoms with van der Waals surface area (Å²) in [5.41, 5.74) is 0.783. The van der Waals surface area contributed by atoms with Crippen molar-refractivity contribution in [3.63, 3.8) is 0 Å². The van der Waals surface area contributed by atoms with E-state index in [0.29, 0.717) is 25.0 Å². The molecule has 0 radical (unpaired) electrons. The van der Waals surface area contributed by atoms with Gasteiger partial charge < -0.3 is 20.3 Å². The summed E-state index contributed by atoms with van der Waals surface area (Å²) in [7, 11) is 0. The van der Waals surface area contributed by atoms with Crippen molar-refractivity contribution in [2.75, 3.05) is 13.1 Å². The average molecular weight is 581 g/mol. The predicted molar refractivity (Wildman–Crippen MR) is 167 cm³/mol. The van der Waals surface area contributed by atoms with Crippen LogP contribution in [0.4, 0.5) is 0 Å². The van der Waals surface area contributed by atoms with Crippen LogP contribution in [-0.4, -0.2) is 57.9 Å². The number of hydrogen-bond acceptors (Lipinski definition) is 5. The van der Waals surface area contributed by atoms with E-state index in [1.165, 1.54) is 89.0 Å². The summed E-state index contributed by atoms with van der Waals surface area (Å²) >= 11 is 0. The van der Waals surface area contributed by atoms with Crippen molar-refractivity contribution in [2.24, 2.45) is 5.92 Å². The molecule has 1 amide bonds. The minimum absolute atomic E-state index is 0.0726. The second-order valence-electron chi connectivity index (χ2n) is 14.5. The number of piperidine rings is 1. The number of phenolic OH excluding ortho intramolecular Hbond substituents is 1. The van der Waals surface area contributed by atoms with Gasteiger partial charge in [0.15, 0.2) is 11.5 Å². The van der Waals surface area contributed by atoms with Crippen LogP contribution in [0.1, 0.15) is 140 Å². The molecule has 6 nitrogen and oxygen atoms in total. The Balaban J connectivity index is 0.995. The quantitative estimate of drug-likeness (QED) is 0.174. The van der Waals surface area contributed by atoms with Crippen molar-refractivity contribution in [1.29, 1.82) is 0 Å². The van der Waals surface area contributed by atoms with E-state index in [2.05, 4.69) is 17.1 Å². The molecule has 42 heavy (non-hydrogen) atoms. The van der Waals surface area contributed by atoms with Gasteiger partial charge in [-0.25, -0.2) is 0 Å². The van der Waals surface area contributed by atoms with Crippen LogP contribution in [0.15, 0.2) is 12.1 Å². The number of carbonyl (C=O) groups is 1. The fourth-order valence-corrected chi connectivity index (χ4v) is 9.21. The van der Waals surface area contributed by atoms with Crippen LogP contribution >= 0.6 is 0 Å². The maximum atomic E-state index is 13.1. The van der Waals surface area contributed by atoms with Crippen molar-refractivity contribution in [1.82, 2.24) is 10.2 Å². The molecule has 3 fully saturated rings.